The minimum Gasteiger partial charge on any atom is -0.385 e. The van der Waals surface area contributed by atoms with Crippen LogP contribution in [0.1, 0.15) is 24.8 Å². The molecule has 3 aromatic carbocycles. The summed E-state index contributed by atoms with van der Waals surface area (Å²) >= 11 is 8.03. The van der Waals surface area contributed by atoms with Crippen LogP contribution < -0.4 is 5.32 Å². The van der Waals surface area contributed by atoms with E-state index in [-0.39, 0.29) is 6.04 Å². The third-order valence-corrected chi connectivity index (χ3v) is 7.61. The Balaban J connectivity index is 1.64. The Morgan fingerprint density at radius 2 is 1.84 bits per heavy atom. The van der Waals surface area contributed by atoms with E-state index in [4.69, 9.17) is 21.6 Å². The Morgan fingerprint density at radius 1 is 1.00 bits per heavy atom. The van der Waals surface area contributed by atoms with E-state index in [2.05, 4.69) is 17.4 Å². The average Bonchev–Trinajstić information content (AvgIpc) is 3.16. The summed E-state index contributed by atoms with van der Waals surface area (Å²) in [7, 11) is 0. The highest BCUT2D eigenvalue weighted by molar-refractivity contribution is 7.99. The van der Waals surface area contributed by atoms with Gasteiger partial charge in [0.25, 0.3) is 0 Å². The largest absolute Gasteiger partial charge is 0.385 e. The van der Waals surface area contributed by atoms with E-state index in [9.17, 15) is 5.11 Å². The standard InChI is InChI=1S/C25H20ClN3OS/c26-15-9-10-21-18(13-15)24-28-20-7-3-1-5-17(20)23(29-24)27-16-11-12-25(30,14-16)19-6-2-4-8-22(19)31-21/h1-10,13,16,30H,11-12,14H2,(H,27,28,29). The van der Waals surface area contributed by atoms with Crippen LogP contribution in [0.15, 0.2) is 76.5 Å². The molecule has 31 heavy (non-hydrogen) atoms. The molecule has 4 aromatic rings. The van der Waals surface area contributed by atoms with Crippen molar-refractivity contribution in [2.45, 2.75) is 40.7 Å². The molecular weight excluding hydrogens is 426 g/mol. The van der Waals surface area contributed by atoms with Crippen molar-refractivity contribution in [1.29, 1.82) is 0 Å². The molecule has 154 valence electrons. The summed E-state index contributed by atoms with van der Waals surface area (Å²) in [6.07, 6.45) is 2.24. The van der Waals surface area contributed by atoms with Crippen LogP contribution in [0.3, 0.4) is 0 Å². The van der Waals surface area contributed by atoms with E-state index in [1.165, 1.54) is 0 Å². The number of rotatable bonds is 0. The average molecular weight is 446 g/mol. The van der Waals surface area contributed by atoms with E-state index in [1.807, 2.05) is 54.6 Å². The molecule has 4 bridgehead atoms. The lowest BCUT2D eigenvalue weighted by atomic mass is 9.92. The molecule has 6 heteroatoms. The first kappa shape index (κ1) is 19.1. The highest BCUT2D eigenvalue weighted by Gasteiger charge is 2.40. The zero-order chi connectivity index (χ0) is 21.0. The van der Waals surface area contributed by atoms with Gasteiger partial charge in [0.2, 0.25) is 0 Å². The van der Waals surface area contributed by atoms with Gasteiger partial charge >= 0.3 is 0 Å². The third-order valence-electron chi connectivity index (χ3n) is 6.23. The molecule has 0 radical (unpaired) electrons. The number of anilines is 1. The summed E-state index contributed by atoms with van der Waals surface area (Å²) in [6.45, 7) is 0. The molecular formula is C25H20ClN3OS. The summed E-state index contributed by atoms with van der Waals surface area (Å²) in [5.41, 5.74) is 1.90. The summed E-state index contributed by atoms with van der Waals surface area (Å²) in [5, 5.41) is 16.9. The zero-order valence-corrected chi connectivity index (χ0v) is 18.2. The van der Waals surface area contributed by atoms with Crippen LogP contribution in [0, 0.1) is 0 Å². The van der Waals surface area contributed by atoms with Crippen molar-refractivity contribution in [2.24, 2.45) is 0 Å². The van der Waals surface area contributed by atoms with Gasteiger partial charge in [-0.2, -0.15) is 0 Å². The topological polar surface area (TPSA) is 58.0 Å². The van der Waals surface area contributed by atoms with Gasteiger partial charge in [-0.1, -0.05) is 53.7 Å². The molecule has 1 fully saturated rings. The molecule has 1 saturated carbocycles. The van der Waals surface area contributed by atoms with Crippen LogP contribution in [0.4, 0.5) is 5.82 Å². The lowest BCUT2D eigenvalue weighted by Gasteiger charge is -2.27. The van der Waals surface area contributed by atoms with Crippen molar-refractivity contribution in [3.8, 4) is 11.4 Å². The van der Waals surface area contributed by atoms with Gasteiger partial charge in [-0.25, -0.2) is 9.97 Å². The highest BCUT2D eigenvalue weighted by atomic mass is 35.5. The van der Waals surface area contributed by atoms with Gasteiger partial charge in [-0.15, -0.1) is 0 Å². The van der Waals surface area contributed by atoms with Crippen LogP contribution in [0.2, 0.25) is 5.02 Å². The number of hydrogen-bond donors (Lipinski definition) is 2. The Kier molecular flexibility index (Phi) is 4.46. The summed E-state index contributed by atoms with van der Waals surface area (Å²) < 4.78 is 0. The zero-order valence-electron chi connectivity index (χ0n) is 16.7. The number of para-hydroxylation sites is 1. The summed E-state index contributed by atoms with van der Waals surface area (Å²) in [4.78, 5) is 11.9. The second kappa shape index (κ2) is 7.23. The molecule has 2 heterocycles. The Morgan fingerprint density at radius 3 is 2.77 bits per heavy atom. The summed E-state index contributed by atoms with van der Waals surface area (Å²) in [6, 6.07) is 22.2. The fourth-order valence-electron chi connectivity index (χ4n) is 4.72. The first-order valence-electron chi connectivity index (χ1n) is 10.4. The quantitative estimate of drug-likeness (QED) is 0.334. The molecule has 2 unspecified atom stereocenters. The SMILES string of the molecule is OC12CCC(C1)Nc1nc(nc3ccccc13)-c1cc(Cl)ccc1Sc1ccccc12. The van der Waals surface area contributed by atoms with E-state index in [1.54, 1.807) is 11.8 Å². The number of halogens is 1. The van der Waals surface area contributed by atoms with E-state index in [0.717, 1.165) is 44.1 Å². The van der Waals surface area contributed by atoms with Crippen LogP contribution in [-0.4, -0.2) is 21.1 Å². The molecule has 2 aliphatic rings. The molecule has 1 aliphatic carbocycles. The van der Waals surface area contributed by atoms with E-state index >= 15 is 0 Å². The van der Waals surface area contributed by atoms with Gasteiger partial charge in [0, 0.05) is 38.2 Å². The highest BCUT2D eigenvalue weighted by Crippen LogP contribution is 2.47. The monoisotopic (exact) mass is 445 g/mol. The van der Waals surface area contributed by atoms with Gasteiger partial charge in [0.1, 0.15) is 5.82 Å². The van der Waals surface area contributed by atoms with Gasteiger partial charge < -0.3 is 10.4 Å². The molecule has 4 nitrogen and oxygen atoms in total. The van der Waals surface area contributed by atoms with Crippen LogP contribution in [-0.2, 0) is 5.60 Å². The number of aromatic nitrogens is 2. The Labute approximate surface area is 189 Å². The minimum atomic E-state index is -0.862. The van der Waals surface area contributed by atoms with Crippen molar-refractivity contribution in [3.05, 3.63) is 77.3 Å². The van der Waals surface area contributed by atoms with Crippen molar-refractivity contribution in [3.63, 3.8) is 0 Å². The van der Waals surface area contributed by atoms with Crippen molar-refractivity contribution >= 4 is 40.1 Å². The maximum absolute atomic E-state index is 11.6. The van der Waals surface area contributed by atoms with Crippen molar-refractivity contribution < 1.29 is 5.11 Å². The molecule has 0 saturated heterocycles. The Bertz CT molecular complexity index is 1330. The molecule has 1 aromatic heterocycles. The number of nitrogens with one attached hydrogen (secondary N) is 1. The molecule has 2 N–H and O–H groups in total. The predicted octanol–water partition coefficient (Wildman–Crippen LogP) is 6.27. The molecule has 6 rings (SSSR count). The van der Waals surface area contributed by atoms with Crippen molar-refractivity contribution in [2.75, 3.05) is 5.32 Å². The second-order valence-electron chi connectivity index (χ2n) is 8.27. The van der Waals surface area contributed by atoms with Crippen molar-refractivity contribution in [1.82, 2.24) is 9.97 Å². The van der Waals surface area contributed by atoms with Gasteiger partial charge in [-0.05, 0) is 54.8 Å². The second-order valence-corrected chi connectivity index (χ2v) is 9.79. The maximum atomic E-state index is 11.6. The fourth-order valence-corrected chi connectivity index (χ4v) is 6.04. The smallest absolute Gasteiger partial charge is 0.163 e. The molecule has 1 aliphatic heterocycles. The van der Waals surface area contributed by atoms with Gasteiger partial charge in [-0.3, -0.25) is 0 Å². The van der Waals surface area contributed by atoms with Crippen LogP contribution >= 0.6 is 23.4 Å². The number of fused-ring (bicyclic) bond motifs is 10. The Hall–Kier alpha value is -2.60. The maximum Gasteiger partial charge on any atom is 0.163 e. The van der Waals surface area contributed by atoms with E-state index in [0.29, 0.717) is 23.7 Å². The predicted molar refractivity (Wildman–Crippen MR) is 126 cm³/mol. The van der Waals surface area contributed by atoms with Crippen LogP contribution in [0.5, 0.6) is 0 Å². The van der Waals surface area contributed by atoms with Gasteiger partial charge in [0.15, 0.2) is 5.82 Å². The number of hydrogen-bond acceptors (Lipinski definition) is 5. The number of nitrogens with zero attached hydrogens (tertiary/aromatic N) is 2. The van der Waals surface area contributed by atoms with E-state index < -0.39 is 5.60 Å². The molecule has 0 amide bonds. The first-order valence-corrected chi connectivity index (χ1v) is 11.6. The summed E-state index contributed by atoms with van der Waals surface area (Å²) in [5.74, 6) is 1.46. The molecule has 0 spiro atoms. The molecule has 2 atom stereocenters. The lowest BCUT2D eigenvalue weighted by Crippen LogP contribution is -2.26. The first-order chi connectivity index (χ1) is 15.1. The number of benzene rings is 3. The van der Waals surface area contributed by atoms with Crippen LogP contribution in [0.25, 0.3) is 22.3 Å². The third kappa shape index (κ3) is 3.28. The number of aliphatic hydroxyl groups is 1. The minimum absolute atomic E-state index is 0.132. The normalized spacial score (nSPS) is 22.1. The fraction of sp³-hybridized carbons (Fsp3) is 0.200. The lowest BCUT2D eigenvalue weighted by molar-refractivity contribution is 0.0409. The van der Waals surface area contributed by atoms with Gasteiger partial charge in [0.05, 0.1) is 11.1 Å².